The Labute approximate surface area is 120 Å². The third-order valence-corrected chi connectivity index (χ3v) is 5.59. The Kier molecular flexibility index (Phi) is 6.15. The fourth-order valence-corrected chi connectivity index (χ4v) is 4.15. The molecule has 2 saturated carbocycles. The van der Waals surface area contributed by atoms with E-state index in [1.165, 1.54) is 57.9 Å². The van der Waals surface area contributed by atoms with Gasteiger partial charge in [0.15, 0.2) is 0 Å². The summed E-state index contributed by atoms with van der Waals surface area (Å²) in [6.45, 7) is 7.10. The van der Waals surface area contributed by atoms with Crippen molar-refractivity contribution in [1.29, 1.82) is 0 Å². The summed E-state index contributed by atoms with van der Waals surface area (Å²) in [6, 6.07) is 1.68. The molecule has 0 aromatic carbocycles. The van der Waals surface area contributed by atoms with Crippen LogP contribution in [0, 0.1) is 11.8 Å². The van der Waals surface area contributed by atoms with Gasteiger partial charge in [-0.05, 0) is 76.9 Å². The molecule has 1 N–H and O–H groups in total. The van der Waals surface area contributed by atoms with Crippen LogP contribution in [0.5, 0.6) is 0 Å². The zero-order chi connectivity index (χ0) is 13.7. The maximum atomic E-state index is 3.69. The lowest BCUT2D eigenvalue weighted by atomic mass is 9.86. The van der Waals surface area contributed by atoms with Gasteiger partial charge in [-0.25, -0.2) is 0 Å². The SMILES string of the molecule is CCNC1CCCC1CCN(C)C1CCC(C)CC1. The first kappa shape index (κ1) is 15.3. The highest BCUT2D eigenvalue weighted by Crippen LogP contribution is 2.30. The predicted molar refractivity (Wildman–Crippen MR) is 83.5 cm³/mol. The smallest absolute Gasteiger partial charge is 0.00956 e. The average molecular weight is 266 g/mol. The first-order chi connectivity index (χ1) is 9.20. The molecule has 2 rings (SSSR count). The fraction of sp³-hybridized carbons (Fsp3) is 1.00. The Bertz CT molecular complexity index is 246. The highest BCUT2D eigenvalue weighted by Gasteiger charge is 2.27. The van der Waals surface area contributed by atoms with Crippen LogP contribution in [0.2, 0.25) is 0 Å². The van der Waals surface area contributed by atoms with Gasteiger partial charge >= 0.3 is 0 Å². The zero-order valence-corrected chi connectivity index (χ0v) is 13.3. The largest absolute Gasteiger partial charge is 0.314 e. The van der Waals surface area contributed by atoms with Crippen molar-refractivity contribution in [3.8, 4) is 0 Å². The van der Waals surface area contributed by atoms with Crippen molar-refractivity contribution in [2.75, 3.05) is 20.1 Å². The van der Waals surface area contributed by atoms with E-state index >= 15 is 0 Å². The van der Waals surface area contributed by atoms with Crippen LogP contribution in [0.25, 0.3) is 0 Å². The highest BCUT2D eigenvalue weighted by molar-refractivity contribution is 4.84. The van der Waals surface area contributed by atoms with Gasteiger partial charge in [-0.15, -0.1) is 0 Å². The highest BCUT2D eigenvalue weighted by atomic mass is 15.1. The standard InChI is InChI=1S/C17H34N2/c1-4-18-17-7-5-6-15(17)12-13-19(3)16-10-8-14(2)9-11-16/h14-18H,4-13H2,1-3H3. The molecule has 2 fully saturated rings. The molecule has 0 aromatic heterocycles. The molecule has 19 heavy (non-hydrogen) atoms. The molecule has 2 unspecified atom stereocenters. The summed E-state index contributed by atoms with van der Waals surface area (Å²) in [5.41, 5.74) is 0. The molecule has 0 bridgehead atoms. The maximum Gasteiger partial charge on any atom is 0.00956 e. The van der Waals surface area contributed by atoms with E-state index in [0.717, 1.165) is 30.5 Å². The van der Waals surface area contributed by atoms with Crippen LogP contribution in [-0.2, 0) is 0 Å². The van der Waals surface area contributed by atoms with Gasteiger partial charge in [0.1, 0.15) is 0 Å². The summed E-state index contributed by atoms with van der Waals surface area (Å²) in [7, 11) is 2.36. The molecule has 0 aromatic rings. The lowest BCUT2D eigenvalue weighted by molar-refractivity contribution is 0.159. The number of nitrogens with zero attached hydrogens (tertiary/aromatic N) is 1. The van der Waals surface area contributed by atoms with E-state index in [9.17, 15) is 0 Å². The molecule has 0 amide bonds. The van der Waals surface area contributed by atoms with Crippen LogP contribution in [0.15, 0.2) is 0 Å². The van der Waals surface area contributed by atoms with Gasteiger partial charge in [0.2, 0.25) is 0 Å². The second-order valence-corrected chi connectivity index (χ2v) is 7.04. The second kappa shape index (κ2) is 7.64. The summed E-state index contributed by atoms with van der Waals surface area (Å²) in [5, 5.41) is 3.69. The Hall–Kier alpha value is -0.0800. The minimum atomic E-state index is 0.810. The number of hydrogen-bond donors (Lipinski definition) is 1. The third kappa shape index (κ3) is 4.46. The molecule has 0 radical (unpaired) electrons. The number of nitrogens with one attached hydrogen (secondary N) is 1. The summed E-state index contributed by atoms with van der Waals surface area (Å²) in [6.07, 6.45) is 11.4. The first-order valence-electron chi connectivity index (χ1n) is 8.64. The lowest BCUT2D eigenvalue weighted by Crippen LogP contribution is -2.38. The van der Waals surface area contributed by atoms with E-state index in [0.29, 0.717) is 0 Å². The van der Waals surface area contributed by atoms with Crippen molar-refractivity contribution in [3.05, 3.63) is 0 Å². The van der Waals surface area contributed by atoms with Crippen molar-refractivity contribution in [2.24, 2.45) is 11.8 Å². The minimum absolute atomic E-state index is 0.810. The van der Waals surface area contributed by atoms with E-state index in [1.54, 1.807) is 0 Å². The summed E-state index contributed by atoms with van der Waals surface area (Å²) in [4.78, 5) is 2.66. The predicted octanol–water partition coefficient (Wildman–Crippen LogP) is 3.67. The van der Waals surface area contributed by atoms with E-state index < -0.39 is 0 Å². The zero-order valence-electron chi connectivity index (χ0n) is 13.3. The maximum absolute atomic E-state index is 3.69. The summed E-state index contributed by atoms with van der Waals surface area (Å²) >= 11 is 0. The average Bonchev–Trinajstić information content (AvgIpc) is 2.85. The molecule has 0 spiro atoms. The Morgan fingerprint density at radius 1 is 1.05 bits per heavy atom. The molecule has 2 aliphatic carbocycles. The van der Waals surface area contributed by atoms with Crippen LogP contribution in [0.3, 0.4) is 0 Å². The van der Waals surface area contributed by atoms with E-state index in [4.69, 9.17) is 0 Å². The normalized spacial score (nSPS) is 36.0. The van der Waals surface area contributed by atoms with Gasteiger partial charge in [0.05, 0.1) is 0 Å². The van der Waals surface area contributed by atoms with Crippen LogP contribution in [0.1, 0.15) is 65.2 Å². The number of hydrogen-bond acceptors (Lipinski definition) is 2. The van der Waals surface area contributed by atoms with Gasteiger partial charge in [-0.2, -0.15) is 0 Å². The molecule has 2 heteroatoms. The van der Waals surface area contributed by atoms with Crippen molar-refractivity contribution in [3.63, 3.8) is 0 Å². The quantitative estimate of drug-likeness (QED) is 0.789. The molecular weight excluding hydrogens is 232 g/mol. The summed E-state index contributed by atoms with van der Waals surface area (Å²) < 4.78 is 0. The summed E-state index contributed by atoms with van der Waals surface area (Å²) in [5.74, 6) is 1.91. The lowest BCUT2D eigenvalue weighted by Gasteiger charge is -2.34. The van der Waals surface area contributed by atoms with Crippen molar-refractivity contribution in [1.82, 2.24) is 10.2 Å². The third-order valence-electron chi connectivity index (χ3n) is 5.59. The monoisotopic (exact) mass is 266 g/mol. The van der Waals surface area contributed by atoms with E-state index in [-0.39, 0.29) is 0 Å². The Morgan fingerprint density at radius 3 is 2.47 bits per heavy atom. The fourth-order valence-electron chi connectivity index (χ4n) is 4.15. The molecule has 2 atom stereocenters. The van der Waals surface area contributed by atoms with E-state index in [2.05, 4.69) is 31.1 Å². The minimum Gasteiger partial charge on any atom is -0.314 e. The first-order valence-corrected chi connectivity index (χ1v) is 8.64. The topological polar surface area (TPSA) is 15.3 Å². The van der Waals surface area contributed by atoms with Gasteiger partial charge in [-0.3, -0.25) is 0 Å². The molecule has 2 nitrogen and oxygen atoms in total. The van der Waals surface area contributed by atoms with Crippen molar-refractivity contribution >= 4 is 0 Å². The van der Waals surface area contributed by atoms with Crippen LogP contribution in [0.4, 0.5) is 0 Å². The van der Waals surface area contributed by atoms with Crippen LogP contribution in [-0.4, -0.2) is 37.1 Å². The molecule has 2 aliphatic rings. The molecule has 0 heterocycles. The van der Waals surface area contributed by atoms with E-state index in [1.807, 2.05) is 0 Å². The Balaban J connectivity index is 1.69. The van der Waals surface area contributed by atoms with Gasteiger partial charge in [-0.1, -0.05) is 20.3 Å². The van der Waals surface area contributed by atoms with Gasteiger partial charge in [0, 0.05) is 12.1 Å². The van der Waals surface area contributed by atoms with Gasteiger partial charge < -0.3 is 10.2 Å². The molecular formula is C17H34N2. The van der Waals surface area contributed by atoms with Crippen molar-refractivity contribution in [2.45, 2.75) is 77.3 Å². The van der Waals surface area contributed by atoms with Gasteiger partial charge in [0.25, 0.3) is 0 Å². The number of rotatable bonds is 6. The Morgan fingerprint density at radius 2 is 1.79 bits per heavy atom. The van der Waals surface area contributed by atoms with Crippen LogP contribution < -0.4 is 5.32 Å². The van der Waals surface area contributed by atoms with Crippen LogP contribution >= 0.6 is 0 Å². The van der Waals surface area contributed by atoms with Crippen molar-refractivity contribution < 1.29 is 0 Å². The molecule has 0 saturated heterocycles. The second-order valence-electron chi connectivity index (χ2n) is 7.04. The molecule has 112 valence electrons. The molecule has 0 aliphatic heterocycles.